The summed E-state index contributed by atoms with van der Waals surface area (Å²) >= 11 is 7.39. The third-order valence-electron chi connectivity index (χ3n) is 4.37. The molecule has 0 spiro atoms. The molecule has 1 unspecified atom stereocenters. The molecule has 10 heteroatoms. The average Bonchev–Trinajstić information content (AvgIpc) is 3.09. The second-order valence-corrected chi connectivity index (χ2v) is 8.43. The summed E-state index contributed by atoms with van der Waals surface area (Å²) in [5, 5.41) is 13.6. The Morgan fingerprint density at radius 3 is 2.75 bits per heavy atom. The summed E-state index contributed by atoms with van der Waals surface area (Å²) in [5.74, 6) is 0.416. The van der Waals surface area contributed by atoms with E-state index < -0.39 is 5.25 Å². The molecule has 0 bridgehead atoms. The van der Waals surface area contributed by atoms with E-state index in [2.05, 4.69) is 20.8 Å². The summed E-state index contributed by atoms with van der Waals surface area (Å²) in [7, 11) is 1.51. The van der Waals surface area contributed by atoms with Crippen LogP contribution in [-0.4, -0.2) is 42.2 Å². The fourth-order valence-corrected chi connectivity index (χ4v) is 4.10. The van der Waals surface area contributed by atoms with E-state index in [4.69, 9.17) is 21.1 Å². The Balaban J connectivity index is 1.60. The van der Waals surface area contributed by atoms with Crippen molar-refractivity contribution in [2.24, 2.45) is 10.2 Å². The number of aryl methyl sites for hydroxylation is 1. The van der Waals surface area contributed by atoms with Gasteiger partial charge >= 0.3 is 0 Å². The third kappa shape index (κ3) is 6.24. The van der Waals surface area contributed by atoms with Gasteiger partial charge in [-0.2, -0.15) is 5.10 Å². The van der Waals surface area contributed by atoms with Gasteiger partial charge in [0.1, 0.15) is 5.25 Å². The van der Waals surface area contributed by atoms with Crippen LogP contribution in [0.2, 0.25) is 5.02 Å². The molecule has 8 nitrogen and oxygen atoms in total. The maximum absolute atomic E-state index is 12.3. The second-order valence-electron chi connectivity index (χ2n) is 6.83. The summed E-state index contributed by atoms with van der Waals surface area (Å²) in [6.07, 6.45) is 1.52. The average molecular weight is 475 g/mol. The number of ether oxygens (including phenoxy) is 2. The predicted octanol–water partition coefficient (Wildman–Crippen LogP) is 4.01. The highest BCUT2D eigenvalue weighted by atomic mass is 35.5. The number of hydrogen-bond acceptors (Lipinski definition) is 7. The molecule has 1 saturated heterocycles. The van der Waals surface area contributed by atoms with Gasteiger partial charge < -0.3 is 20.1 Å². The summed E-state index contributed by atoms with van der Waals surface area (Å²) in [4.78, 5) is 24.5. The number of thioether (sulfide) groups is 1. The number of methoxy groups -OCH3 is 1. The number of hydrogen-bond donors (Lipinski definition) is 2. The Bertz CT molecular complexity index is 1060. The highest BCUT2D eigenvalue weighted by Crippen LogP contribution is 2.36. The number of nitrogens with one attached hydrogen (secondary N) is 2. The largest absolute Gasteiger partial charge is 0.491 e. The molecule has 0 aromatic heterocycles. The monoisotopic (exact) mass is 474 g/mol. The molecule has 3 rings (SSSR count). The number of nitrogens with zero attached hydrogens (tertiary/aromatic N) is 2. The first-order valence-electron chi connectivity index (χ1n) is 9.85. The molecule has 0 aliphatic carbocycles. The molecule has 1 atom stereocenters. The van der Waals surface area contributed by atoms with Crippen LogP contribution in [0.15, 0.2) is 46.6 Å². The van der Waals surface area contributed by atoms with Gasteiger partial charge in [-0.1, -0.05) is 41.1 Å². The number of halogens is 1. The molecule has 0 saturated carbocycles. The zero-order valence-corrected chi connectivity index (χ0v) is 19.4. The number of amides is 2. The summed E-state index contributed by atoms with van der Waals surface area (Å²) in [6, 6.07) is 10.9. The quantitative estimate of drug-likeness (QED) is 0.444. The minimum absolute atomic E-state index is 0.0267. The minimum Gasteiger partial charge on any atom is -0.491 e. The lowest BCUT2D eigenvalue weighted by Gasteiger charge is -2.11. The maximum atomic E-state index is 12.3. The Kier molecular flexibility index (Phi) is 8.13. The Morgan fingerprint density at radius 1 is 1.31 bits per heavy atom. The van der Waals surface area contributed by atoms with Crippen molar-refractivity contribution in [1.82, 2.24) is 5.32 Å². The van der Waals surface area contributed by atoms with Crippen LogP contribution in [0, 0.1) is 6.92 Å². The fraction of sp³-hybridized carbons (Fsp3) is 0.273. The van der Waals surface area contributed by atoms with E-state index in [0.29, 0.717) is 39.5 Å². The first kappa shape index (κ1) is 23.6. The maximum Gasteiger partial charge on any atom is 0.240 e. The summed E-state index contributed by atoms with van der Waals surface area (Å²) in [5.41, 5.74) is 2.44. The fourth-order valence-electron chi connectivity index (χ4n) is 2.88. The second kappa shape index (κ2) is 11.0. The number of benzene rings is 2. The Labute approximate surface area is 195 Å². The zero-order valence-electron chi connectivity index (χ0n) is 17.8. The molecule has 32 heavy (non-hydrogen) atoms. The molecule has 2 aromatic carbocycles. The van der Waals surface area contributed by atoms with Crippen molar-refractivity contribution < 1.29 is 19.1 Å². The van der Waals surface area contributed by atoms with Gasteiger partial charge in [0.2, 0.25) is 11.8 Å². The molecule has 1 heterocycles. The summed E-state index contributed by atoms with van der Waals surface area (Å²) in [6.45, 7) is 4.28. The number of carbonyl (C=O) groups is 2. The van der Waals surface area contributed by atoms with E-state index in [-0.39, 0.29) is 18.2 Å². The van der Waals surface area contributed by atoms with Gasteiger partial charge in [-0.3, -0.25) is 9.59 Å². The normalized spacial score (nSPS) is 16.9. The van der Waals surface area contributed by atoms with Gasteiger partial charge in [0.25, 0.3) is 0 Å². The van der Waals surface area contributed by atoms with E-state index in [0.717, 1.165) is 17.3 Å². The number of rotatable bonds is 8. The first-order valence-corrected chi connectivity index (χ1v) is 11.1. The molecule has 1 fully saturated rings. The topological polar surface area (TPSA) is 101 Å². The molecule has 2 N–H and O–H groups in total. The standard InChI is InChI=1S/C22H23ClN4O4S/c1-4-31-17-10-14(9-16(23)20(17)30-3)12-24-27-22-26-21(29)18(32-22)11-19(28)25-15-7-5-13(2)6-8-15/h5-10,12,18H,4,11H2,1-3H3,(H,25,28)(H,26,27,29)/b24-12+. The van der Waals surface area contributed by atoms with Crippen molar-refractivity contribution in [1.29, 1.82) is 0 Å². The number of carbonyl (C=O) groups excluding carboxylic acids is 2. The molecule has 168 valence electrons. The van der Waals surface area contributed by atoms with Gasteiger partial charge in [-0.05, 0) is 38.1 Å². The van der Waals surface area contributed by atoms with E-state index in [1.807, 2.05) is 38.1 Å². The van der Waals surface area contributed by atoms with Crippen molar-refractivity contribution in [2.75, 3.05) is 19.0 Å². The van der Waals surface area contributed by atoms with Crippen molar-refractivity contribution >= 4 is 52.2 Å². The van der Waals surface area contributed by atoms with Crippen LogP contribution in [0.1, 0.15) is 24.5 Å². The van der Waals surface area contributed by atoms with Crippen LogP contribution in [0.25, 0.3) is 0 Å². The van der Waals surface area contributed by atoms with Crippen LogP contribution in [0.4, 0.5) is 5.69 Å². The molecule has 2 amide bonds. The van der Waals surface area contributed by atoms with E-state index in [1.54, 1.807) is 12.1 Å². The molecule has 1 aliphatic heterocycles. The molecule has 0 radical (unpaired) electrons. The van der Waals surface area contributed by atoms with Crippen LogP contribution >= 0.6 is 23.4 Å². The van der Waals surface area contributed by atoms with Gasteiger partial charge in [0, 0.05) is 17.7 Å². The van der Waals surface area contributed by atoms with Gasteiger partial charge in [0.15, 0.2) is 16.7 Å². The van der Waals surface area contributed by atoms with Crippen LogP contribution in [0.5, 0.6) is 11.5 Å². The highest BCUT2D eigenvalue weighted by Gasteiger charge is 2.32. The number of amidine groups is 1. The smallest absolute Gasteiger partial charge is 0.240 e. The van der Waals surface area contributed by atoms with Crippen LogP contribution < -0.4 is 20.1 Å². The van der Waals surface area contributed by atoms with Crippen molar-refractivity contribution in [3.63, 3.8) is 0 Å². The van der Waals surface area contributed by atoms with Crippen LogP contribution in [-0.2, 0) is 9.59 Å². The highest BCUT2D eigenvalue weighted by molar-refractivity contribution is 8.15. The van der Waals surface area contributed by atoms with Crippen molar-refractivity contribution in [3.05, 3.63) is 52.5 Å². The van der Waals surface area contributed by atoms with Gasteiger partial charge in [-0.15, -0.1) is 5.10 Å². The Hall–Kier alpha value is -3.04. The van der Waals surface area contributed by atoms with E-state index >= 15 is 0 Å². The van der Waals surface area contributed by atoms with Crippen molar-refractivity contribution in [2.45, 2.75) is 25.5 Å². The SMILES string of the molecule is CCOc1cc(/C=N/N=C2\NC(=O)C(CC(=O)Nc3ccc(C)cc3)S2)cc(Cl)c1OC. The minimum atomic E-state index is -0.575. The lowest BCUT2D eigenvalue weighted by Crippen LogP contribution is -2.28. The lowest BCUT2D eigenvalue weighted by molar-refractivity contribution is -0.122. The van der Waals surface area contributed by atoms with Crippen molar-refractivity contribution in [3.8, 4) is 11.5 Å². The molecule has 1 aliphatic rings. The van der Waals surface area contributed by atoms with Crippen LogP contribution in [0.3, 0.4) is 0 Å². The molecule has 2 aromatic rings. The predicted molar refractivity (Wildman–Crippen MR) is 128 cm³/mol. The van der Waals surface area contributed by atoms with Gasteiger partial charge in [-0.25, -0.2) is 0 Å². The lowest BCUT2D eigenvalue weighted by atomic mass is 10.2. The molecular formula is C22H23ClN4O4S. The third-order valence-corrected chi connectivity index (χ3v) is 5.73. The summed E-state index contributed by atoms with van der Waals surface area (Å²) < 4.78 is 10.8. The Morgan fingerprint density at radius 2 is 2.06 bits per heavy atom. The number of anilines is 1. The van der Waals surface area contributed by atoms with E-state index in [1.165, 1.54) is 13.3 Å². The first-order chi connectivity index (χ1) is 15.4. The molecular weight excluding hydrogens is 452 g/mol. The van der Waals surface area contributed by atoms with Gasteiger partial charge in [0.05, 0.1) is 25.0 Å². The zero-order chi connectivity index (χ0) is 23.1. The van der Waals surface area contributed by atoms with E-state index in [9.17, 15) is 9.59 Å².